The standard InChI is InChI=1S/C19H17NO3/c1-22-15-10-14(11-16(12-15)23-2)20-19(21)18-9-5-7-13-6-3-4-8-17(13)18/h3-12H,1-2H3,(H,20,21). The Morgan fingerprint density at radius 2 is 1.52 bits per heavy atom. The van der Waals surface area contributed by atoms with Gasteiger partial charge in [0, 0.05) is 29.4 Å². The van der Waals surface area contributed by atoms with E-state index in [0.29, 0.717) is 22.7 Å². The zero-order chi connectivity index (χ0) is 16.2. The summed E-state index contributed by atoms with van der Waals surface area (Å²) in [7, 11) is 3.15. The van der Waals surface area contributed by atoms with Gasteiger partial charge in [0.05, 0.1) is 14.2 Å². The van der Waals surface area contributed by atoms with E-state index in [2.05, 4.69) is 5.32 Å². The summed E-state index contributed by atoms with van der Waals surface area (Å²) >= 11 is 0. The Morgan fingerprint density at radius 3 is 2.22 bits per heavy atom. The Bertz CT molecular complexity index is 831. The molecule has 0 unspecified atom stereocenters. The number of hydrogen-bond donors (Lipinski definition) is 1. The first-order valence-corrected chi connectivity index (χ1v) is 7.23. The zero-order valence-corrected chi connectivity index (χ0v) is 13.0. The Morgan fingerprint density at radius 1 is 0.870 bits per heavy atom. The van der Waals surface area contributed by atoms with Crippen LogP contribution in [0.5, 0.6) is 11.5 Å². The van der Waals surface area contributed by atoms with Crippen molar-refractivity contribution in [3.8, 4) is 11.5 Å². The van der Waals surface area contributed by atoms with Crippen molar-refractivity contribution in [1.82, 2.24) is 0 Å². The molecule has 1 N–H and O–H groups in total. The second kappa shape index (κ2) is 6.40. The number of benzene rings is 3. The van der Waals surface area contributed by atoms with Crippen LogP contribution in [0.4, 0.5) is 5.69 Å². The first-order chi connectivity index (χ1) is 11.2. The summed E-state index contributed by atoms with van der Waals surface area (Å²) in [6.07, 6.45) is 0. The highest BCUT2D eigenvalue weighted by Gasteiger charge is 2.11. The monoisotopic (exact) mass is 307 g/mol. The van der Waals surface area contributed by atoms with E-state index in [1.54, 1.807) is 32.4 Å². The molecule has 4 heteroatoms. The van der Waals surface area contributed by atoms with E-state index in [1.807, 2.05) is 42.5 Å². The molecule has 1 amide bonds. The van der Waals surface area contributed by atoms with Gasteiger partial charge >= 0.3 is 0 Å². The number of anilines is 1. The molecule has 4 nitrogen and oxygen atoms in total. The Hall–Kier alpha value is -3.01. The van der Waals surface area contributed by atoms with Crippen molar-refractivity contribution in [1.29, 1.82) is 0 Å². The fourth-order valence-electron chi connectivity index (χ4n) is 2.50. The summed E-state index contributed by atoms with van der Waals surface area (Å²) in [6.45, 7) is 0. The van der Waals surface area contributed by atoms with Crippen molar-refractivity contribution in [3.63, 3.8) is 0 Å². The van der Waals surface area contributed by atoms with E-state index in [1.165, 1.54) is 0 Å². The number of carbonyl (C=O) groups is 1. The van der Waals surface area contributed by atoms with Crippen LogP contribution in [0.25, 0.3) is 10.8 Å². The van der Waals surface area contributed by atoms with Crippen molar-refractivity contribution < 1.29 is 14.3 Å². The summed E-state index contributed by atoms with van der Waals surface area (Å²) in [4.78, 5) is 12.6. The van der Waals surface area contributed by atoms with Crippen LogP contribution in [0.2, 0.25) is 0 Å². The third-order valence-corrected chi connectivity index (χ3v) is 3.64. The van der Waals surface area contributed by atoms with Crippen molar-refractivity contribution in [3.05, 3.63) is 66.2 Å². The van der Waals surface area contributed by atoms with Gasteiger partial charge in [-0.1, -0.05) is 36.4 Å². The molecule has 23 heavy (non-hydrogen) atoms. The van der Waals surface area contributed by atoms with Gasteiger partial charge in [0.25, 0.3) is 5.91 Å². The maximum atomic E-state index is 12.6. The molecule has 0 saturated carbocycles. The average Bonchev–Trinajstić information content (AvgIpc) is 2.60. The summed E-state index contributed by atoms with van der Waals surface area (Å²) in [5.74, 6) is 1.08. The fourth-order valence-corrected chi connectivity index (χ4v) is 2.50. The number of carbonyl (C=O) groups excluding carboxylic acids is 1. The SMILES string of the molecule is COc1cc(NC(=O)c2cccc3ccccc23)cc(OC)c1. The highest BCUT2D eigenvalue weighted by molar-refractivity contribution is 6.13. The second-order valence-electron chi connectivity index (χ2n) is 5.08. The van der Waals surface area contributed by atoms with Crippen LogP contribution in [-0.4, -0.2) is 20.1 Å². The molecule has 0 atom stereocenters. The van der Waals surface area contributed by atoms with E-state index < -0.39 is 0 Å². The lowest BCUT2D eigenvalue weighted by Crippen LogP contribution is -2.12. The van der Waals surface area contributed by atoms with Crippen LogP contribution in [0.3, 0.4) is 0 Å². The zero-order valence-electron chi connectivity index (χ0n) is 13.0. The van der Waals surface area contributed by atoms with E-state index in [4.69, 9.17) is 9.47 Å². The largest absolute Gasteiger partial charge is 0.497 e. The molecule has 0 spiro atoms. The molecule has 3 aromatic rings. The quantitative estimate of drug-likeness (QED) is 0.789. The number of ether oxygens (including phenoxy) is 2. The predicted molar refractivity (Wildman–Crippen MR) is 91.4 cm³/mol. The Kier molecular flexibility index (Phi) is 4.15. The third kappa shape index (κ3) is 3.11. The van der Waals surface area contributed by atoms with Crippen LogP contribution >= 0.6 is 0 Å². The van der Waals surface area contributed by atoms with Crippen molar-refractivity contribution in [2.45, 2.75) is 0 Å². The van der Waals surface area contributed by atoms with Gasteiger partial charge in [-0.2, -0.15) is 0 Å². The minimum atomic E-state index is -0.169. The Labute approximate surface area is 134 Å². The molecule has 0 aromatic heterocycles. The van der Waals surface area contributed by atoms with Gasteiger partial charge in [0.2, 0.25) is 0 Å². The minimum Gasteiger partial charge on any atom is -0.497 e. The predicted octanol–water partition coefficient (Wildman–Crippen LogP) is 4.11. The summed E-state index contributed by atoms with van der Waals surface area (Å²) in [5, 5.41) is 4.85. The fraction of sp³-hybridized carbons (Fsp3) is 0.105. The van der Waals surface area contributed by atoms with Gasteiger partial charge in [-0.3, -0.25) is 4.79 Å². The molecule has 3 rings (SSSR count). The topological polar surface area (TPSA) is 47.6 Å². The molecule has 0 aliphatic carbocycles. The number of nitrogens with one attached hydrogen (secondary N) is 1. The summed E-state index contributed by atoms with van der Waals surface area (Å²) in [5.41, 5.74) is 1.25. The normalized spacial score (nSPS) is 10.3. The van der Waals surface area contributed by atoms with Crippen LogP contribution in [0.15, 0.2) is 60.7 Å². The molecule has 0 aliphatic rings. The van der Waals surface area contributed by atoms with Gasteiger partial charge in [0.15, 0.2) is 0 Å². The lowest BCUT2D eigenvalue weighted by molar-refractivity contribution is 0.102. The summed E-state index contributed by atoms with van der Waals surface area (Å²) in [6, 6.07) is 18.8. The van der Waals surface area contributed by atoms with E-state index in [-0.39, 0.29) is 5.91 Å². The molecule has 0 heterocycles. The second-order valence-corrected chi connectivity index (χ2v) is 5.08. The lowest BCUT2D eigenvalue weighted by Gasteiger charge is -2.11. The van der Waals surface area contributed by atoms with Crippen molar-refractivity contribution in [2.24, 2.45) is 0 Å². The molecule has 0 aliphatic heterocycles. The number of fused-ring (bicyclic) bond motifs is 1. The van der Waals surface area contributed by atoms with E-state index in [0.717, 1.165) is 10.8 Å². The molecule has 116 valence electrons. The van der Waals surface area contributed by atoms with Gasteiger partial charge in [-0.15, -0.1) is 0 Å². The number of methoxy groups -OCH3 is 2. The number of amides is 1. The first kappa shape index (κ1) is 14.9. The molecule has 3 aromatic carbocycles. The van der Waals surface area contributed by atoms with E-state index >= 15 is 0 Å². The number of hydrogen-bond acceptors (Lipinski definition) is 3. The van der Waals surface area contributed by atoms with Gasteiger partial charge in [-0.05, 0) is 16.8 Å². The highest BCUT2D eigenvalue weighted by Crippen LogP contribution is 2.27. The number of rotatable bonds is 4. The maximum absolute atomic E-state index is 12.6. The lowest BCUT2D eigenvalue weighted by atomic mass is 10.0. The van der Waals surface area contributed by atoms with Crippen molar-refractivity contribution in [2.75, 3.05) is 19.5 Å². The Balaban J connectivity index is 1.95. The van der Waals surface area contributed by atoms with Gasteiger partial charge < -0.3 is 14.8 Å². The third-order valence-electron chi connectivity index (χ3n) is 3.64. The van der Waals surface area contributed by atoms with Crippen LogP contribution in [0.1, 0.15) is 10.4 Å². The molecule has 0 bridgehead atoms. The van der Waals surface area contributed by atoms with Crippen LogP contribution < -0.4 is 14.8 Å². The maximum Gasteiger partial charge on any atom is 0.256 e. The molecule has 0 fully saturated rings. The van der Waals surface area contributed by atoms with E-state index in [9.17, 15) is 4.79 Å². The van der Waals surface area contributed by atoms with Crippen LogP contribution in [0, 0.1) is 0 Å². The van der Waals surface area contributed by atoms with Crippen molar-refractivity contribution >= 4 is 22.4 Å². The van der Waals surface area contributed by atoms with Gasteiger partial charge in [0.1, 0.15) is 11.5 Å². The molecular weight excluding hydrogens is 290 g/mol. The summed E-state index contributed by atoms with van der Waals surface area (Å²) < 4.78 is 10.4. The molecule has 0 saturated heterocycles. The smallest absolute Gasteiger partial charge is 0.256 e. The van der Waals surface area contributed by atoms with Gasteiger partial charge in [-0.25, -0.2) is 0 Å². The minimum absolute atomic E-state index is 0.169. The first-order valence-electron chi connectivity index (χ1n) is 7.23. The molecule has 0 radical (unpaired) electrons. The highest BCUT2D eigenvalue weighted by atomic mass is 16.5. The average molecular weight is 307 g/mol. The van der Waals surface area contributed by atoms with Crippen LogP contribution in [-0.2, 0) is 0 Å². The molecular formula is C19H17NO3.